The van der Waals surface area contributed by atoms with Gasteiger partial charge in [0.25, 0.3) is 0 Å². The van der Waals surface area contributed by atoms with Gasteiger partial charge in [0.1, 0.15) is 6.10 Å². The topological polar surface area (TPSA) is 75.3 Å². The van der Waals surface area contributed by atoms with E-state index in [0.29, 0.717) is 23.7 Å². The summed E-state index contributed by atoms with van der Waals surface area (Å²) in [6.07, 6.45) is 1.89. The van der Waals surface area contributed by atoms with Gasteiger partial charge in [-0.1, -0.05) is 25.6 Å². The first-order valence-corrected chi connectivity index (χ1v) is 7.40. The molecule has 1 heterocycles. The van der Waals surface area contributed by atoms with Crippen molar-refractivity contribution in [3.8, 4) is 0 Å². The lowest BCUT2D eigenvalue weighted by Crippen LogP contribution is -2.18. The monoisotopic (exact) mass is 286 g/mol. The Hall–Kier alpha value is -0.850. The second-order valence-corrected chi connectivity index (χ2v) is 6.30. The molecule has 0 saturated heterocycles. The summed E-state index contributed by atoms with van der Waals surface area (Å²) in [5, 5.41) is 24.0. The first kappa shape index (κ1) is 16.2. The summed E-state index contributed by atoms with van der Waals surface area (Å²) in [4.78, 5) is 10.8. The van der Waals surface area contributed by atoms with E-state index in [2.05, 4.69) is 18.9 Å². The number of hydrogen-bond acceptors (Lipinski definition) is 5. The summed E-state index contributed by atoms with van der Waals surface area (Å²) in [5.41, 5.74) is 0.612. The molecule has 1 aromatic rings. The number of hydrogen-bond donors (Lipinski definition) is 2. The van der Waals surface area contributed by atoms with Crippen LogP contribution in [0, 0.1) is 5.92 Å². The van der Waals surface area contributed by atoms with Crippen LogP contribution in [0.3, 0.4) is 0 Å². The summed E-state index contributed by atoms with van der Waals surface area (Å²) in [7, 11) is 0. The first-order valence-electron chi connectivity index (χ1n) is 6.42. The molecular formula is C13H22N2O3S. The summed E-state index contributed by atoms with van der Waals surface area (Å²) >= 11 is 1.15. The number of aliphatic hydroxyl groups is 2. The van der Waals surface area contributed by atoms with Gasteiger partial charge in [-0.3, -0.25) is 9.48 Å². The van der Waals surface area contributed by atoms with E-state index in [9.17, 15) is 15.0 Å². The molecule has 108 valence electrons. The van der Waals surface area contributed by atoms with Gasteiger partial charge in [-0.25, -0.2) is 0 Å². The number of rotatable bonds is 7. The van der Waals surface area contributed by atoms with Gasteiger partial charge in [0, 0.05) is 31.0 Å². The van der Waals surface area contributed by atoms with Crippen molar-refractivity contribution in [2.75, 3.05) is 5.75 Å². The predicted molar refractivity (Wildman–Crippen MR) is 75.8 cm³/mol. The molecule has 0 radical (unpaired) electrons. The fourth-order valence-corrected chi connectivity index (χ4v) is 2.36. The van der Waals surface area contributed by atoms with Crippen LogP contribution in [0.2, 0.25) is 0 Å². The number of thioether (sulfide) groups is 1. The van der Waals surface area contributed by atoms with Crippen LogP contribution in [0.25, 0.3) is 0 Å². The third kappa shape index (κ3) is 5.76. The highest BCUT2D eigenvalue weighted by atomic mass is 32.2. The van der Waals surface area contributed by atoms with Crippen LogP contribution in [-0.2, 0) is 11.3 Å². The maximum atomic E-state index is 10.8. The Kier molecular flexibility index (Phi) is 6.54. The highest BCUT2D eigenvalue weighted by Crippen LogP contribution is 2.20. The molecule has 0 aliphatic carbocycles. The van der Waals surface area contributed by atoms with Crippen LogP contribution in [0.5, 0.6) is 0 Å². The van der Waals surface area contributed by atoms with Gasteiger partial charge in [-0.2, -0.15) is 5.10 Å². The summed E-state index contributed by atoms with van der Waals surface area (Å²) in [6, 6.07) is 0. The van der Waals surface area contributed by atoms with Crippen molar-refractivity contribution >= 4 is 16.9 Å². The van der Waals surface area contributed by atoms with Crippen molar-refractivity contribution in [1.29, 1.82) is 0 Å². The molecule has 2 unspecified atom stereocenters. The quantitative estimate of drug-likeness (QED) is 0.796. The number of carbonyl (C=O) groups excluding carboxylic acids is 1. The highest BCUT2D eigenvalue weighted by Gasteiger charge is 2.20. The fraction of sp³-hybridized carbons (Fsp3) is 0.692. The van der Waals surface area contributed by atoms with Gasteiger partial charge < -0.3 is 10.2 Å². The van der Waals surface area contributed by atoms with Crippen LogP contribution in [0.15, 0.2) is 12.4 Å². The zero-order valence-corrected chi connectivity index (χ0v) is 12.4. The zero-order chi connectivity index (χ0) is 14.4. The number of carbonyl (C=O) groups is 1. The van der Waals surface area contributed by atoms with E-state index in [4.69, 9.17) is 0 Å². The smallest absolute Gasteiger partial charge is 0.185 e. The Morgan fingerprint density at radius 1 is 1.47 bits per heavy atom. The maximum absolute atomic E-state index is 10.8. The number of nitrogens with zero attached hydrogens (tertiary/aromatic N) is 2. The van der Waals surface area contributed by atoms with E-state index >= 15 is 0 Å². The molecule has 0 aliphatic rings. The standard InChI is InChI=1S/C13H22N2O3S/c1-9(2)7-15-8-11(6-14-15)13(18)12(17)4-5-19-10(3)16/h6,8-9,12-13,17-18H,4-5,7H2,1-3H3. The normalized spacial score (nSPS) is 14.6. The van der Waals surface area contributed by atoms with Crippen molar-refractivity contribution < 1.29 is 15.0 Å². The van der Waals surface area contributed by atoms with E-state index in [1.54, 1.807) is 17.1 Å². The molecule has 0 fully saturated rings. The van der Waals surface area contributed by atoms with Gasteiger partial charge in [0.05, 0.1) is 12.3 Å². The summed E-state index contributed by atoms with van der Waals surface area (Å²) in [5.74, 6) is 0.982. The number of aromatic nitrogens is 2. The summed E-state index contributed by atoms with van der Waals surface area (Å²) < 4.78 is 1.76. The van der Waals surface area contributed by atoms with Crippen LogP contribution in [-0.4, -0.2) is 37.0 Å². The van der Waals surface area contributed by atoms with Crippen LogP contribution in [0.4, 0.5) is 0 Å². The Morgan fingerprint density at radius 2 is 2.16 bits per heavy atom. The Labute approximate surface area is 118 Å². The number of aliphatic hydroxyl groups excluding tert-OH is 2. The molecule has 2 N–H and O–H groups in total. The largest absolute Gasteiger partial charge is 0.390 e. The zero-order valence-electron chi connectivity index (χ0n) is 11.6. The molecule has 0 bridgehead atoms. The van der Waals surface area contributed by atoms with Crippen LogP contribution < -0.4 is 0 Å². The minimum Gasteiger partial charge on any atom is -0.390 e. The second kappa shape index (κ2) is 7.67. The van der Waals surface area contributed by atoms with Crippen LogP contribution >= 0.6 is 11.8 Å². The molecule has 6 heteroatoms. The molecule has 0 aliphatic heterocycles. The first-order chi connectivity index (χ1) is 8.90. The van der Waals surface area contributed by atoms with Crippen molar-refractivity contribution in [2.24, 2.45) is 5.92 Å². The van der Waals surface area contributed by atoms with E-state index in [1.807, 2.05) is 0 Å². The van der Waals surface area contributed by atoms with E-state index in [1.165, 1.54) is 6.92 Å². The van der Waals surface area contributed by atoms with Gasteiger partial charge in [0.2, 0.25) is 0 Å². The molecule has 5 nitrogen and oxygen atoms in total. The lowest BCUT2D eigenvalue weighted by atomic mass is 10.1. The summed E-state index contributed by atoms with van der Waals surface area (Å²) in [6.45, 7) is 6.45. The van der Waals surface area contributed by atoms with Crippen molar-refractivity contribution in [1.82, 2.24) is 9.78 Å². The average molecular weight is 286 g/mol. The average Bonchev–Trinajstić information content (AvgIpc) is 2.74. The van der Waals surface area contributed by atoms with Gasteiger partial charge in [-0.05, 0) is 12.3 Å². The lowest BCUT2D eigenvalue weighted by molar-refractivity contribution is -0.109. The molecule has 0 amide bonds. The van der Waals surface area contributed by atoms with Crippen LogP contribution in [0.1, 0.15) is 38.9 Å². The SMILES string of the molecule is CC(=O)SCCC(O)C(O)c1cnn(CC(C)C)c1. The second-order valence-electron chi connectivity index (χ2n) is 5.03. The van der Waals surface area contributed by atoms with Gasteiger partial charge >= 0.3 is 0 Å². The Morgan fingerprint density at radius 3 is 2.74 bits per heavy atom. The third-order valence-corrected chi connectivity index (χ3v) is 3.48. The Balaban J connectivity index is 2.49. The molecule has 0 saturated carbocycles. The molecule has 2 atom stereocenters. The highest BCUT2D eigenvalue weighted by molar-refractivity contribution is 8.13. The minimum atomic E-state index is -0.950. The predicted octanol–water partition coefficient (Wildman–Crippen LogP) is 1.60. The van der Waals surface area contributed by atoms with Crippen molar-refractivity contribution in [2.45, 2.75) is 45.9 Å². The van der Waals surface area contributed by atoms with Gasteiger partial charge in [-0.15, -0.1) is 0 Å². The third-order valence-electron chi connectivity index (χ3n) is 2.63. The van der Waals surface area contributed by atoms with Gasteiger partial charge in [0.15, 0.2) is 5.12 Å². The molecule has 0 spiro atoms. The minimum absolute atomic E-state index is 0.0199. The van der Waals surface area contributed by atoms with Crippen molar-refractivity contribution in [3.05, 3.63) is 18.0 Å². The molecule has 1 rings (SSSR count). The van der Waals surface area contributed by atoms with E-state index in [-0.39, 0.29) is 5.12 Å². The molecule has 0 aromatic carbocycles. The lowest BCUT2D eigenvalue weighted by Gasteiger charge is -2.15. The van der Waals surface area contributed by atoms with Crippen molar-refractivity contribution in [3.63, 3.8) is 0 Å². The van der Waals surface area contributed by atoms with E-state index in [0.717, 1.165) is 18.3 Å². The fourth-order valence-electron chi connectivity index (χ4n) is 1.71. The molecular weight excluding hydrogens is 264 g/mol. The maximum Gasteiger partial charge on any atom is 0.185 e. The Bertz CT molecular complexity index is 406. The molecule has 1 aromatic heterocycles. The van der Waals surface area contributed by atoms with E-state index < -0.39 is 12.2 Å². The molecule has 19 heavy (non-hydrogen) atoms.